The van der Waals surface area contributed by atoms with Crippen LogP contribution in [0.1, 0.15) is 48.2 Å². The van der Waals surface area contributed by atoms with Gasteiger partial charge >= 0.3 is 0 Å². The Morgan fingerprint density at radius 1 is 1.26 bits per heavy atom. The van der Waals surface area contributed by atoms with E-state index < -0.39 is 0 Å². The minimum atomic E-state index is -0.000660. The molecule has 3 heterocycles. The van der Waals surface area contributed by atoms with Gasteiger partial charge in [0.2, 0.25) is 5.95 Å². The second kappa shape index (κ2) is 8.00. The van der Waals surface area contributed by atoms with Crippen molar-refractivity contribution in [3.8, 4) is 0 Å². The van der Waals surface area contributed by atoms with Gasteiger partial charge in [-0.2, -0.15) is 4.98 Å². The van der Waals surface area contributed by atoms with Gasteiger partial charge in [0.05, 0.1) is 12.6 Å². The second-order valence-corrected chi connectivity index (χ2v) is 7.70. The minimum Gasteiger partial charge on any atom is -0.379 e. The smallest absolute Gasteiger partial charge is 0.222 e. The predicted molar refractivity (Wildman–Crippen MR) is 108 cm³/mol. The average molecular weight is 388 g/mol. The van der Waals surface area contributed by atoms with Crippen molar-refractivity contribution in [3.05, 3.63) is 46.1 Å². The topological polar surface area (TPSA) is 76.3 Å². The van der Waals surface area contributed by atoms with Crippen LogP contribution in [-0.4, -0.2) is 36.3 Å². The zero-order valence-corrected chi connectivity index (χ0v) is 16.4. The number of nitrogens with two attached hydrogens (primary N) is 1. The van der Waals surface area contributed by atoms with E-state index in [1.54, 1.807) is 0 Å². The number of benzene rings is 1. The number of halogens is 1. The molecule has 144 valence electrons. The van der Waals surface area contributed by atoms with Crippen molar-refractivity contribution in [2.24, 2.45) is 0 Å². The SMILES string of the molecule is Cc1cc(N2CCCOC[C@H]2c2ccc([C@@H]3CCCN3)cc2Cl)nc(N)n1. The lowest BCUT2D eigenvalue weighted by Crippen LogP contribution is -2.32. The van der Waals surface area contributed by atoms with E-state index in [9.17, 15) is 0 Å². The number of rotatable bonds is 3. The average Bonchev–Trinajstić information content (AvgIpc) is 3.06. The van der Waals surface area contributed by atoms with Crippen LogP contribution in [-0.2, 0) is 4.74 Å². The van der Waals surface area contributed by atoms with Crippen molar-refractivity contribution in [2.45, 2.75) is 38.3 Å². The Hall–Kier alpha value is -1.89. The number of hydrogen-bond donors (Lipinski definition) is 2. The van der Waals surface area contributed by atoms with Gasteiger partial charge in [-0.05, 0) is 49.9 Å². The number of aryl methyl sites for hydroxylation is 1. The minimum absolute atomic E-state index is 0.000660. The summed E-state index contributed by atoms with van der Waals surface area (Å²) in [5.74, 6) is 1.12. The van der Waals surface area contributed by atoms with Gasteiger partial charge in [-0.15, -0.1) is 0 Å². The third kappa shape index (κ3) is 4.03. The van der Waals surface area contributed by atoms with Gasteiger partial charge in [-0.3, -0.25) is 0 Å². The molecule has 1 aromatic heterocycles. The molecule has 0 amide bonds. The van der Waals surface area contributed by atoms with Crippen molar-refractivity contribution in [2.75, 3.05) is 36.9 Å². The van der Waals surface area contributed by atoms with Crippen LogP contribution in [0.4, 0.5) is 11.8 Å². The highest BCUT2D eigenvalue weighted by molar-refractivity contribution is 6.31. The zero-order valence-electron chi connectivity index (χ0n) is 15.6. The van der Waals surface area contributed by atoms with Gasteiger partial charge in [0.15, 0.2) is 0 Å². The van der Waals surface area contributed by atoms with E-state index >= 15 is 0 Å². The van der Waals surface area contributed by atoms with Crippen molar-refractivity contribution in [1.29, 1.82) is 0 Å². The maximum absolute atomic E-state index is 6.74. The normalized spacial score (nSPS) is 23.4. The van der Waals surface area contributed by atoms with Crippen LogP contribution in [0, 0.1) is 6.92 Å². The number of aromatic nitrogens is 2. The van der Waals surface area contributed by atoms with Crippen LogP contribution < -0.4 is 16.0 Å². The number of hydrogen-bond acceptors (Lipinski definition) is 6. The van der Waals surface area contributed by atoms with Crippen molar-refractivity contribution >= 4 is 23.4 Å². The summed E-state index contributed by atoms with van der Waals surface area (Å²) in [7, 11) is 0. The number of ether oxygens (including phenoxy) is 1. The van der Waals surface area contributed by atoms with E-state index in [2.05, 4.69) is 38.4 Å². The van der Waals surface area contributed by atoms with E-state index in [-0.39, 0.29) is 6.04 Å². The number of anilines is 2. The van der Waals surface area contributed by atoms with Crippen LogP contribution in [0.3, 0.4) is 0 Å². The van der Waals surface area contributed by atoms with Gasteiger partial charge in [-0.25, -0.2) is 4.98 Å². The maximum atomic E-state index is 6.74. The Balaban J connectivity index is 1.68. The molecule has 0 saturated carbocycles. The van der Waals surface area contributed by atoms with Gasteiger partial charge in [0.25, 0.3) is 0 Å². The number of nitrogens with one attached hydrogen (secondary N) is 1. The zero-order chi connectivity index (χ0) is 18.8. The first-order chi connectivity index (χ1) is 13.1. The van der Waals surface area contributed by atoms with Crippen LogP contribution >= 0.6 is 11.6 Å². The molecule has 6 nitrogen and oxygen atoms in total. The maximum Gasteiger partial charge on any atom is 0.222 e. The molecule has 2 aliphatic heterocycles. The Morgan fingerprint density at radius 2 is 2.15 bits per heavy atom. The first kappa shape index (κ1) is 18.5. The summed E-state index contributed by atoms with van der Waals surface area (Å²) in [6.07, 6.45) is 3.30. The molecule has 0 unspecified atom stereocenters. The first-order valence-corrected chi connectivity index (χ1v) is 9.98. The fourth-order valence-corrected chi connectivity index (χ4v) is 4.35. The Bertz CT molecular complexity index is 789. The Morgan fingerprint density at radius 3 is 2.89 bits per heavy atom. The van der Waals surface area contributed by atoms with Crippen LogP contribution in [0.5, 0.6) is 0 Å². The standard InChI is InChI=1S/C20H26ClN5O/c1-13-10-19(25-20(22)24-13)26-8-3-9-27-12-18(26)15-6-5-14(11-16(15)21)17-4-2-7-23-17/h5-6,10-11,17-18,23H,2-4,7-9,12H2,1H3,(H2,22,24,25)/t17-,18-/m0/s1. The molecule has 2 aliphatic rings. The fraction of sp³-hybridized carbons (Fsp3) is 0.500. The molecular formula is C20H26ClN5O. The molecule has 2 aromatic rings. The monoisotopic (exact) mass is 387 g/mol. The highest BCUT2D eigenvalue weighted by Crippen LogP contribution is 2.35. The number of nitrogens with zero attached hydrogens (tertiary/aromatic N) is 3. The third-order valence-corrected chi connectivity index (χ3v) is 5.67. The molecule has 1 aromatic carbocycles. The van der Waals surface area contributed by atoms with E-state index in [1.165, 1.54) is 12.0 Å². The van der Waals surface area contributed by atoms with Crippen molar-refractivity contribution < 1.29 is 4.74 Å². The van der Waals surface area contributed by atoms with E-state index in [4.69, 9.17) is 22.1 Å². The summed E-state index contributed by atoms with van der Waals surface area (Å²) in [6, 6.07) is 8.80. The molecule has 0 aliphatic carbocycles. The third-order valence-electron chi connectivity index (χ3n) is 5.34. The Kier molecular flexibility index (Phi) is 5.48. The largest absolute Gasteiger partial charge is 0.379 e. The summed E-state index contributed by atoms with van der Waals surface area (Å²) in [6.45, 7) is 5.14. The lowest BCUT2D eigenvalue weighted by Gasteiger charge is -2.31. The summed E-state index contributed by atoms with van der Waals surface area (Å²) in [5.41, 5.74) is 9.07. The molecule has 2 fully saturated rings. The summed E-state index contributed by atoms with van der Waals surface area (Å²) in [4.78, 5) is 10.9. The van der Waals surface area contributed by atoms with Crippen LogP contribution in [0.2, 0.25) is 5.02 Å². The van der Waals surface area contributed by atoms with Gasteiger partial charge in [0.1, 0.15) is 5.82 Å². The van der Waals surface area contributed by atoms with E-state index in [0.29, 0.717) is 18.6 Å². The lowest BCUT2D eigenvalue weighted by molar-refractivity contribution is 0.134. The summed E-state index contributed by atoms with van der Waals surface area (Å²) < 4.78 is 5.87. The molecule has 7 heteroatoms. The van der Waals surface area contributed by atoms with Gasteiger partial charge in [0, 0.05) is 36.0 Å². The fourth-order valence-electron chi connectivity index (χ4n) is 4.03. The highest BCUT2D eigenvalue weighted by Gasteiger charge is 2.27. The lowest BCUT2D eigenvalue weighted by atomic mass is 9.99. The molecular weight excluding hydrogens is 362 g/mol. The first-order valence-electron chi connectivity index (χ1n) is 9.60. The molecule has 0 spiro atoms. The van der Waals surface area contributed by atoms with Crippen molar-refractivity contribution in [3.63, 3.8) is 0 Å². The quantitative estimate of drug-likeness (QED) is 0.840. The van der Waals surface area contributed by atoms with E-state index in [0.717, 1.165) is 54.6 Å². The van der Waals surface area contributed by atoms with Crippen LogP contribution in [0.15, 0.2) is 24.3 Å². The van der Waals surface area contributed by atoms with E-state index in [1.807, 2.05) is 13.0 Å². The molecule has 2 atom stereocenters. The molecule has 0 bridgehead atoms. The highest BCUT2D eigenvalue weighted by atomic mass is 35.5. The molecule has 27 heavy (non-hydrogen) atoms. The summed E-state index contributed by atoms with van der Waals surface area (Å²) in [5, 5.41) is 4.31. The number of nitrogen functional groups attached to an aromatic ring is 1. The molecule has 2 saturated heterocycles. The second-order valence-electron chi connectivity index (χ2n) is 7.29. The van der Waals surface area contributed by atoms with Gasteiger partial charge < -0.3 is 20.7 Å². The molecule has 0 radical (unpaired) electrons. The molecule has 3 N–H and O–H groups in total. The van der Waals surface area contributed by atoms with Crippen LogP contribution in [0.25, 0.3) is 0 Å². The summed E-state index contributed by atoms with van der Waals surface area (Å²) >= 11 is 6.74. The predicted octanol–water partition coefficient (Wildman–Crippen LogP) is 3.41. The molecule has 4 rings (SSSR count). The Labute approximate surface area is 165 Å². The van der Waals surface area contributed by atoms with Gasteiger partial charge in [-0.1, -0.05) is 23.7 Å². The van der Waals surface area contributed by atoms with Crippen molar-refractivity contribution in [1.82, 2.24) is 15.3 Å².